The van der Waals surface area contributed by atoms with Gasteiger partial charge < -0.3 is 10.1 Å². The molecule has 0 atom stereocenters. The van der Waals surface area contributed by atoms with Crippen LogP contribution in [0, 0.1) is 5.13 Å². The number of ether oxygens (including phenoxy) is 1. The molecule has 0 aliphatic carbocycles. The summed E-state index contributed by atoms with van der Waals surface area (Å²) < 4.78 is 46.0. The fourth-order valence-corrected chi connectivity index (χ4v) is 3.68. The molecular formula is C11H12F3NOS. The van der Waals surface area contributed by atoms with Crippen molar-refractivity contribution in [3.05, 3.63) is 21.6 Å². The van der Waals surface area contributed by atoms with E-state index in [1.165, 1.54) is 0 Å². The van der Waals surface area contributed by atoms with Crippen LogP contribution in [0.4, 0.5) is 13.2 Å². The van der Waals surface area contributed by atoms with Crippen LogP contribution in [0.3, 0.4) is 0 Å². The first-order chi connectivity index (χ1) is 8.04. The van der Waals surface area contributed by atoms with Crippen molar-refractivity contribution >= 4 is 11.3 Å². The predicted octanol–water partition coefficient (Wildman–Crippen LogP) is 2.59. The van der Waals surface area contributed by atoms with Crippen molar-refractivity contribution in [3.63, 3.8) is 0 Å². The number of alkyl halides is 2. The topological polar surface area (TPSA) is 21.3 Å². The maximum Gasteiger partial charge on any atom is 0.297 e. The number of nitrogens with one attached hydrogen (secondary N) is 1. The fraction of sp³-hybridized carbons (Fsp3) is 0.636. The minimum absolute atomic E-state index is 0.173. The lowest BCUT2D eigenvalue weighted by atomic mass is 9.85. The molecule has 1 aromatic rings. The summed E-state index contributed by atoms with van der Waals surface area (Å²) in [7, 11) is 0. The van der Waals surface area contributed by atoms with Gasteiger partial charge in [0.25, 0.3) is 5.92 Å². The average Bonchev–Trinajstić information content (AvgIpc) is 2.71. The van der Waals surface area contributed by atoms with Crippen LogP contribution < -0.4 is 5.32 Å². The van der Waals surface area contributed by atoms with Crippen LogP contribution in [0.5, 0.6) is 0 Å². The summed E-state index contributed by atoms with van der Waals surface area (Å²) in [5.74, 6) is -3.06. The Kier molecular flexibility index (Phi) is 2.50. The molecule has 1 spiro atoms. The summed E-state index contributed by atoms with van der Waals surface area (Å²) in [6.07, 6.45) is 1.24. The number of piperidine rings is 1. The Bertz CT molecular complexity index is 440. The van der Waals surface area contributed by atoms with E-state index in [0.717, 1.165) is 17.4 Å². The van der Waals surface area contributed by atoms with Gasteiger partial charge in [-0.3, -0.25) is 0 Å². The summed E-state index contributed by atoms with van der Waals surface area (Å²) in [6.45, 7) is 0.783. The van der Waals surface area contributed by atoms with Crippen molar-refractivity contribution in [2.24, 2.45) is 0 Å². The molecule has 2 aliphatic rings. The van der Waals surface area contributed by atoms with Crippen LogP contribution in [0.25, 0.3) is 0 Å². The van der Waals surface area contributed by atoms with Crippen molar-refractivity contribution in [1.29, 1.82) is 0 Å². The second-order valence-corrected chi connectivity index (χ2v) is 5.53. The summed E-state index contributed by atoms with van der Waals surface area (Å²) >= 11 is 0.798. The van der Waals surface area contributed by atoms with Crippen molar-refractivity contribution < 1.29 is 17.9 Å². The summed E-state index contributed by atoms with van der Waals surface area (Å²) in [6, 6.07) is 0.965. The third kappa shape index (κ3) is 1.70. The van der Waals surface area contributed by atoms with E-state index < -0.39 is 23.3 Å². The first-order valence-corrected chi connectivity index (χ1v) is 6.38. The van der Waals surface area contributed by atoms with Gasteiger partial charge in [-0.25, -0.2) is 0 Å². The molecule has 1 fully saturated rings. The normalized spacial score (nSPS) is 25.8. The molecule has 0 amide bonds. The maximum atomic E-state index is 13.6. The Balaban J connectivity index is 2.10. The van der Waals surface area contributed by atoms with Gasteiger partial charge in [0.2, 0.25) is 0 Å². The second-order valence-electron chi connectivity index (χ2n) is 4.53. The van der Waals surface area contributed by atoms with Gasteiger partial charge in [0.05, 0.1) is 0 Å². The minimum Gasteiger partial charge on any atom is -0.363 e. The number of hydrogen-bond acceptors (Lipinski definition) is 3. The lowest BCUT2D eigenvalue weighted by molar-refractivity contribution is -0.174. The van der Waals surface area contributed by atoms with Crippen LogP contribution in [0.15, 0.2) is 6.07 Å². The quantitative estimate of drug-likeness (QED) is 0.777. The smallest absolute Gasteiger partial charge is 0.297 e. The highest BCUT2D eigenvalue weighted by Gasteiger charge is 2.51. The van der Waals surface area contributed by atoms with Gasteiger partial charge in [-0.1, -0.05) is 0 Å². The molecule has 1 aromatic heterocycles. The highest BCUT2D eigenvalue weighted by Crippen LogP contribution is 2.50. The maximum absolute atomic E-state index is 13.6. The number of halogens is 3. The molecule has 0 radical (unpaired) electrons. The Morgan fingerprint density at radius 3 is 2.71 bits per heavy atom. The zero-order chi connectivity index (χ0) is 12.1. The largest absolute Gasteiger partial charge is 0.363 e. The van der Waals surface area contributed by atoms with Crippen molar-refractivity contribution in [3.8, 4) is 0 Å². The van der Waals surface area contributed by atoms with Crippen molar-refractivity contribution in [2.45, 2.75) is 24.4 Å². The molecule has 3 rings (SSSR count). The first kappa shape index (κ1) is 11.5. The van der Waals surface area contributed by atoms with Gasteiger partial charge in [-0.15, -0.1) is 11.3 Å². The van der Waals surface area contributed by atoms with Gasteiger partial charge in [0, 0.05) is 10.4 Å². The van der Waals surface area contributed by atoms with E-state index in [1.54, 1.807) is 0 Å². The second kappa shape index (κ2) is 3.70. The van der Waals surface area contributed by atoms with Crippen LogP contribution >= 0.6 is 11.3 Å². The van der Waals surface area contributed by atoms with Crippen LogP contribution in [0.1, 0.15) is 23.3 Å². The van der Waals surface area contributed by atoms with E-state index in [4.69, 9.17) is 4.74 Å². The number of thiophene rings is 1. The molecule has 2 nitrogen and oxygen atoms in total. The van der Waals surface area contributed by atoms with Crippen LogP contribution in [-0.2, 0) is 16.3 Å². The minimum atomic E-state index is -3.06. The monoisotopic (exact) mass is 263 g/mol. The fourth-order valence-electron chi connectivity index (χ4n) is 2.55. The number of hydrogen-bond donors (Lipinski definition) is 1. The molecule has 0 aromatic carbocycles. The highest BCUT2D eigenvalue weighted by molar-refractivity contribution is 7.10. The van der Waals surface area contributed by atoms with Crippen molar-refractivity contribution in [1.82, 2.24) is 5.32 Å². The van der Waals surface area contributed by atoms with Crippen LogP contribution in [0.2, 0.25) is 0 Å². The van der Waals surface area contributed by atoms with E-state index in [-0.39, 0.29) is 5.56 Å². The van der Waals surface area contributed by atoms with Gasteiger partial charge in [0.15, 0.2) is 5.13 Å². The molecule has 1 N–H and O–H groups in total. The van der Waals surface area contributed by atoms with Gasteiger partial charge >= 0.3 is 0 Å². The van der Waals surface area contributed by atoms with Crippen LogP contribution in [-0.4, -0.2) is 19.7 Å². The van der Waals surface area contributed by atoms with E-state index in [9.17, 15) is 13.2 Å². The molecule has 0 saturated carbocycles. The van der Waals surface area contributed by atoms with E-state index in [0.29, 0.717) is 30.8 Å². The van der Waals surface area contributed by atoms with Gasteiger partial charge in [-0.2, -0.15) is 13.2 Å². The van der Waals surface area contributed by atoms with Gasteiger partial charge in [0.1, 0.15) is 12.2 Å². The van der Waals surface area contributed by atoms with E-state index in [1.807, 2.05) is 0 Å². The van der Waals surface area contributed by atoms with E-state index >= 15 is 0 Å². The third-order valence-corrected chi connectivity index (χ3v) is 4.56. The Morgan fingerprint density at radius 2 is 2.00 bits per heavy atom. The molecule has 2 aliphatic heterocycles. The molecular weight excluding hydrogens is 251 g/mol. The summed E-state index contributed by atoms with van der Waals surface area (Å²) in [5.41, 5.74) is -0.870. The zero-order valence-corrected chi connectivity index (χ0v) is 9.88. The lowest BCUT2D eigenvalue weighted by Gasteiger charge is -2.42. The molecule has 0 unspecified atom stereocenters. The SMILES string of the molecule is Fc1cc2c(s1)C1(CCNCC1)OCC2(F)F. The first-order valence-electron chi connectivity index (χ1n) is 5.56. The highest BCUT2D eigenvalue weighted by atomic mass is 32.1. The average molecular weight is 263 g/mol. The number of fused-ring (bicyclic) bond motifs is 2. The summed E-state index contributed by atoms with van der Waals surface area (Å²) in [4.78, 5) is 0.382. The number of rotatable bonds is 0. The molecule has 0 bridgehead atoms. The zero-order valence-electron chi connectivity index (χ0n) is 9.06. The lowest BCUT2D eigenvalue weighted by Crippen LogP contribution is -2.47. The standard InChI is InChI=1S/C11H12F3NOS/c12-8-5-7-9(17-8)10(1-3-15-4-2-10)16-6-11(7,13)14/h5,15H,1-4,6H2. The van der Waals surface area contributed by atoms with E-state index in [2.05, 4.69) is 5.32 Å². The van der Waals surface area contributed by atoms with Gasteiger partial charge in [-0.05, 0) is 32.0 Å². The molecule has 3 heterocycles. The Labute approximate surface area is 101 Å². The predicted molar refractivity (Wildman–Crippen MR) is 57.9 cm³/mol. The Morgan fingerprint density at radius 1 is 1.29 bits per heavy atom. The molecule has 6 heteroatoms. The molecule has 1 saturated heterocycles. The summed E-state index contributed by atoms with van der Waals surface area (Å²) in [5, 5.41) is 2.60. The third-order valence-electron chi connectivity index (χ3n) is 3.45. The molecule has 94 valence electrons. The molecule has 17 heavy (non-hydrogen) atoms. The Hall–Kier alpha value is -0.590. The van der Waals surface area contributed by atoms with Crippen molar-refractivity contribution in [2.75, 3.05) is 19.7 Å².